The summed E-state index contributed by atoms with van der Waals surface area (Å²) >= 11 is 0. The van der Waals surface area contributed by atoms with Gasteiger partial charge in [0.05, 0.1) is 27.7 Å². The van der Waals surface area contributed by atoms with E-state index < -0.39 is 26.5 Å². The highest BCUT2D eigenvalue weighted by molar-refractivity contribution is 7.45. The molecule has 9 nitrogen and oxygen atoms in total. The van der Waals surface area contributed by atoms with Crippen LogP contribution in [0.2, 0.25) is 0 Å². The zero-order chi connectivity index (χ0) is 58.4. The molecule has 2 unspecified atom stereocenters. The van der Waals surface area contributed by atoms with Gasteiger partial charge in [0, 0.05) is 12.8 Å². The van der Waals surface area contributed by atoms with Gasteiger partial charge in [-0.2, -0.15) is 0 Å². The average molecular weight is 1140 g/mol. The Balaban J connectivity index is 3.92. The number of phosphoric acid groups is 1. The van der Waals surface area contributed by atoms with Gasteiger partial charge in [-0.25, -0.2) is 0 Å². The molecule has 2 atom stereocenters. The van der Waals surface area contributed by atoms with E-state index in [0.717, 1.165) is 77.0 Å². The maximum absolute atomic E-state index is 12.8. The van der Waals surface area contributed by atoms with Crippen LogP contribution < -0.4 is 4.89 Å². The molecule has 0 saturated carbocycles. The van der Waals surface area contributed by atoms with Crippen molar-refractivity contribution in [2.24, 2.45) is 0 Å². The van der Waals surface area contributed by atoms with Crippen LogP contribution in [0.4, 0.5) is 0 Å². The van der Waals surface area contributed by atoms with Gasteiger partial charge in [-0.15, -0.1) is 0 Å². The predicted octanol–water partition coefficient (Wildman–Crippen LogP) is 21.0. The van der Waals surface area contributed by atoms with E-state index in [1.54, 1.807) is 0 Å². The monoisotopic (exact) mass is 1140 g/mol. The molecule has 0 amide bonds. The third-order valence-corrected chi connectivity index (χ3v) is 15.7. The number of rotatable bonds is 62. The van der Waals surface area contributed by atoms with Crippen molar-refractivity contribution in [2.45, 2.75) is 315 Å². The number of unbranched alkanes of at least 4 members (excludes halogenated alkanes) is 36. The zero-order valence-corrected chi connectivity index (χ0v) is 53.9. The lowest BCUT2D eigenvalue weighted by molar-refractivity contribution is -0.870. The second-order valence-electron chi connectivity index (χ2n) is 23.8. The summed E-state index contributed by atoms with van der Waals surface area (Å²) in [7, 11) is 1.17. The topological polar surface area (TPSA) is 111 Å². The van der Waals surface area contributed by atoms with Crippen LogP contribution in [0.3, 0.4) is 0 Å². The number of phosphoric ester groups is 1. The Morgan fingerprint density at radius 2 is 0.713 bits per heavy atom. The molecule has 0 bridgehead atoms. The molecule has 0 aliphatic heterocycles. The van der Waals surface area contributed by atoms with Gasteiger partial charge in [-0.05, 0) is 83.5 Å². The van der Waals surface area contributed by atoms with Crippen LogP contribution in [0.15, 0.2) is 72.9 Å². The largest absolute Gasteiger partial charge is 0.756 e. The van der Waals surface area contributed by atoms with Gasteiger partial charge in [0.15, 0.2) is 6.10 Å². The van der Waals surface area contributed by atoms with Crippen molar-refractivity contribution in [3.8, 4) is 0 Å². The Morgan fingerprint density at radius 1 is 0.400 bits per heavy atom. The van der Waals surface area contributed by atoms with Crippen molar-refractivity contribution in [1.29, 1.82) is 0 Å². The maximum atomic E-state index is 12.8. The fourth-order valence-electron chi connectivity index (χ4n) is 9.56. The highest BCUT2D eigenvalue weighted by Crippen LogP contribution is 2.38. The number of esters is 2. The van der Waals surface area contributed by atoms with E-state index in [1.807, 2.05) is 21.1 Å². The summed E-state index contributed by atoms with van der Waals surface area (Å²) < 4.78 is 34.2. The van der Waals surface area contributed by atoms with E-state index in [4.69, 9.17) is 18.5 Å². The minimum atomic E-state index is -4.64. The first-order valence-corrected chi connectivity index (χ1v) is 35.1. The van der Waals surface area contributed by atoms with E-state index >= 15 is 0 Å². The molecule has 0 aliphatic carbocycles. The smallest absolute Gasteiger partial charge is 0.306 e. The van der Waals surface area contributed by atoms with Gasteiger partial charge in [-0.3, -0.25) is 14.2 Å². The third kappa shape index (κ3) is 64.6. The third-order valence-electron chi connectivity index (χ3n) is 14.7. The van der Waals surface area contributed by atoms with Crippen molar-refractivity contribution in [3.63, 3.8) is 0 Å². The number of ether oxygens (including phenoxy) is 2. The van der Waals surface area contributed by atoms with Crippen LogP contribution in [-0.2, 0) is 32.7 Å². The number of allylic oxidation sites excluding steroid dienone is 12. The normalized spacial score (nSPS) is 13.6. The predicted molar refractivity (Wildman–Crippen MR) is 342 cm³/mol. The lowest BCUT2D eigenvalue weighted by atomic mass is 10.0. The molecule has 466 valence electrons. The molecular weight excluding hydrogens is 1010 g/mol. The minimum Gasteiger partial charge on any atom is -0.756 e. The van der Waals surface area contributed by atoms with Gasteiger partial charge in [0.2, 0.25) is 0 Å². The second kappa shape index (κ2) is 61.0. The number of hydrogen-bond acceptors (Lipinski definition) is 8. The van der Waals surface area contributed by atoms with Gasteiger partial charge >= 0.3 is 11.9 Å². The Bertz CT molecular complexity index is 1580. The van der Waals surface area contributed by atoms with Gasteiger partial charge < -0.3 is 27.9 Å². The number of likely N-dealkylation sites (N-methyl/N-ethyl adjacent to an activating group) is 1. The van der Waals surface area contributed by atoms with Crippen molar-refractivity contribution >= 4 is 19.8 Å². The van der Waals surface area contributed by atoms with Crippen LogP contribution in [0.5, 0.6) is 0 Å². The lowest BCUT2D eigenvalue weighted by Crippen LogP contribution is -2.37. The number of carbonyl (C=O) groups is 2. The van der Waals surface area contributed by atoms with Crippen molar-refractivity contribution in [3.05, 3.63) is 72.9 Å². The Hall–Kier alpha value is -2.55. The zero-order valence-electron chi connectivity index (χ0n) is 53.0. The molecule has 10 heteroatoms. The number of nitrogens with zero attached hydrogens (tertiary/aromatic N) is 1. The number of hydrogen-bond donors (Lipinski definition) is 0. The van der Waals surface area contributed by atoms with Crippen LogP contribution >= 0.6 is 7.82 Å². The summed E-state index contributed by atoms with van der Waals surface area (Å²) in [6.07, 6.45) is 81.3. The Labute approximate surface area is 495 Å². The highest BCUT2D eigenvalue weighted by Gasteiger charge is 2.22. The standard InChI is InChI=1S/C70H128NO8P/c1-6-8-10-12-14-16-18-20-22-24-25-26-27-28-29-30-31-32-33-34-35-36-37-38-39-40-41-42-43-44-45-47-49-51-53-55-57-59-61-63-70(73)79-68(67-78-80(74,75)77-65-64-71(3,4)5)66-76-69(72)62-60-58-56-54-52-50-48-46-23-21-19-17-15-13-11-9-7-2/h8,10,14-17,20-23,25-26,68H,6-7,9,11-13,18-19,24,27-67H2,1-5H3/b10-8-,16-14-,17-15-,22-20-,23-21-,26-25-. The fourth-order valence-corrected chi connectivity index (χ4v) is 10.3. The summed E-state index contributed by atoms with van der Waals surface area (Å²) in [5.74, 6) is -0.831. The molecule has 0 spiro atoms. The van der Waals surface area contributed by atoms with Crippen LogP contribution in [0, 0.1) is 0 Å². The molecule has 0 heterocycles. The lowest BCUT2D eigenvalue weighted by Gasteiger charge is -2.28. The number of quaternary nitrogens is 1. The number of carbonyl (C=O) groups excluding carboxylic acids is 2. The molecular formula is C70H128NO8P. The molecule has 0 aromatic rings. The van der Waals surface area contributed by atoms with E-state index in [-0.39, 0.29) is 32.0 Å². The van der Waals surface area contributed by atoms with E-state index in [1.165, 1.54) is 199 Å². The molecule has 80 heavy (non-hydrogen) atoms. The summed E-state index contributed by atoms with van der Waals surface area (Å²) in [5.41, 5.74) is 0. The summed E-state index contributed by atoms with van der Waals surface area (Å²) in [6.45, 7) is 4.13. The van der Waals surface area contributed by atoms with Gasteiger partial charge in [0.25, 0.3) is 7.82 Å². The maximum Gasteiger partial charge on any atom is 0.306 e. The average Bonchev–Trinajstić information content (AvgIpc) is 3.42. The van der Waals surface area contributed by atoms with Gasteiger partial charge in [-0.1, -0.05) is 286 Å². The van der Waals surface area contributed by atoms with Crippen LogP contribution in [0.1, 0.15) is 309 Å². The first-order chi connectivity index (χ1) is 39.0. The molecule has 0 saturated heterocycles. The van der Waals surface area contributed by atoms with E-state index in [0.29, 0.717) is 17.4 Å². The fraction of sp³-hybridized carbons (Fsp3) is 0.800. The highest BCUT2D eigenvalue weighted by atomic mass is 31.2. The van der Waals surface area contributed by atoms with E-state index in [2.05, 4.69) is 86.8 Å². The van der Waals surface area contributed by atoms with Crippen molar-refractivity contribution in [1.82, 2.24) is 0 Å². The molecule has 0 N–H and O–H groups in total. The second-order valence-corrected chi connectivity index (χ2v) is 25.2. The van der Waals surface area contributed by atoms with Crippen LogP contribution in [-0.4, -0.2) is 70.0 Å². The van der Waals surface area contributed by atoms with Crippen LogP contribution in [0.25, 0.3) is 0 Å². The van der Waals surface area contributed by atoms with Gasteiger partial charge in [0.1, 0.15) is 19.8 Å². The minimum absolute atomic E-state index is 0.0319. The SMILES string of the molecule is CC/C=C\C/C=C\C/C=C\C/C=C\CCCCCCCCCCCCCCCCCCCCCCCCCCCCC(=O)OC(COC(=O)CCCCCCCCC/C=C\C/C=C\CCCCC)COP(=O)([O-])OCC[N+](C)(C)C. The van der Waals surface area contributed by atoms with Crippen molar-refractivity contribution in [2.75, 3.05) is 47.5 Å². The first kappa shape index (κ1) is 77.5. The Kier molecular flexibility index (Phi) is 59.1. The summed E-state index contributed by atoms with van der Waals surface area (Å²) in [5, 5.41) is 0. The molecule has 0 aromatic heterocycles. The molecule has 0 aromatic carbocycles. The Morgan fingerprint density at radius 3 is 1.06 bits per heavy atom. The van der Waals surface area contributed by atoms with E-state index in [9.17, 15) is 19.0 Å². The summed E-state index contributed by atoms with van der Waals surface area (Å²) in [4.78, 5) is 37.9. The quantitative estimate of drug-likeness (QED) is 0.0195. The molecule has 0 rings (SSSR count). The van der Waals surface area contributed by atoms with Crippen molar-refractivity contribution < 1.29 is 42.1 Å². The molecule has 0 radical (unpaired) electrons. The molecule has 0 fully saturated rings. The first-order valence-electron chi connectivity index (χ1n) is 33.6. The summed E-state index contributed by atoms with van der Waals surface area (Å²) in [6, 6.07) is 0. The molecule has 0 aliphatic rings.